The number of para-hydroxylation sites is 2. The van der Waals surface area contributed by atoms with Crippen LogP contribution >= 0.6 is 11.8 Å². The van der Waals surface area contributed by atoms with Crippen LogP contribution in [-0.4, -0.2) is 22.1 Å². The Morgan fingerprint density at radius 2 is 2.04 bits per heavy atom. The maximum atomic E-state index is 12.3. The quantitative estimate of drug-likeness (QED) is 0.704. The van der Waals surface area contributed by atoms with Crippen LogP contribution in [-0.2, 0) is 17.0 Å². The molecule has 3 aromatic rings. The number of nitrogens with zero attached hydrogens (tertiary/aromatic N) is 1. The van der Waals surface area contributed by atoms with Crippen molar-refractivity contribution >= 4 is 34.4 Å². The molecule has 1 heterocycles. The van der Waals surface area contributed by atoms with Crippen LogP contribution in [0.15, 0.2) is 42.5 Å². The molecule has 0 aliphatic rings. The van der Waals surface area contributed by atoms with Gasteiger partial charge in [0, 0.05) is 24.3 Å². The van der Waals surface area contributed by atoms with Gasteiger partial charge in [-0.3, -0.25) is 4.79 Å². The lowest BCUT2D eigenvalue weighted by atomic mass is 10.1. The number of imidazole rings is 1. The molecule has 4 nitrogen and oxygen atoms in total. The highest BCUT2D eigenvalue weighted by atomic mass is 32.2. The van der Waals surface area contributed by atoms with E-state index in [-0.39, 0.29) is 5.91 Å². The average molecular weight is 339 g/mol. The molecule has 0 bridgehead atoms. The molecule has 0 aliphatic carbocycles. The normalized spacial score (nSPS) is 10.9. The number of amides is 1. The molecule has 0 radical (unpaired) electrons. The molecule has 24 heavy (non-hydrogen) atoms. The highest BCUT2D eigenvalue weighted by Crippen LogP contribution is 2.22. The van der Waals surface area contributed by atoms with Crippen LogP contribution in [0.3, 0.4) is 0 Å². The summed E-state index contributed by atoms with van der Waals surface area (Å²) in [6.45, 7) is 2.06. The fourth-order valence-electron chi connectivity index (χ4n) is 2.70. The molecule has 0 fully saturated rings. The van der Waals surface area contributed by atoms with E-state index in [4.69, 9.17) is 0 Å². The van der Waals surface area contributed by atoms with Crippen LogP contribution in [0.2, 0.25) is 0 Å². The Balaban J connectivity index is 1.62. The van der Waals surface area contributed by atoms with E-state index in [9.17, 15) is 4.79 Å². The molecule has 1 aromatic heterocycles. The molecule has 0 spiro atoms. The Morgan fingerprint density at radius 3 is 2.83 bits per heavy atom. The first-order chi connectivity index (χ1) is 11.7. The molecular weight excluding hydrogens is 318 g/mol. The molecule has 1 amide bonds. The Hall–Kier alpha value is -2.27. The van der Waals surface area contributed by atoms with Gasteiger partial charge >= 0.3 is 0 Å². The third-order valence-corrected chi connectivity index (χ3v) is 4.65. The van der Waals surface area contributed by atoms with Crippen molar-refractivity contribution in [2.45, 2.75) is 25.5 Å². The van der Waals surface area contributed by atoms with Gasteiger partial charge in [-0.1, -0.05) is 24.3 Å². The second kappa shape index (κ2) is 7.53. The molecule has 0 saturated heterocycles. The first kappa shape index (κ1) is 16.6. The number of nitrogens with one attached hydrogen (secondary N) is 2. The van der Waals surface area contributed by atoms with E-state index in [1.807, 2.05) is 36.4 Å². The van der Waals surface area contributed by atoms with Crippen molar-refractivity contribution in [1.29, 1.82) is 0 Å². The smallest absolute Gasteiger partial charge is 0.224 e. The first-order valence-electron chi connectivity index (χ1n) is 7.98. The minimum atomic E-state index is 0.0138. The predicted molar refractivity (Wildman–Crippen MR) is 101 cm³/mol. The molecule has 5 heteroatoms. The topological polar surface area (TPSA) is 57.8 Å². The molecule has 0 atom stereocenters. The lowest BCUT2D eigenvalue weighted by molar-refractivity contribution is -0.116. The lowest BCUT2D eigenvalue weighted by Crippen LogP contribution is -2.14. The zero-order valence-corrected chi connectivity index (χ0v) is 14.7. The highest BCUT2D eigenvalue weighted by Gasteiger charge is 2.09. The number of carbonyl (C=O) groups is 1. The van der Waals surface area contributed by atoms with Crippen LogP contribution in [0.25, 0.3) is 11.0 Å². The summed E-state index contributed by atoms with van der Waals surface area (Å²) in [6, 6.07) is 14.0. The van der Waals surface area contributed by atoms with E-state index in [1.165, 1.54) is 5.56 Å². The summed E-state index contributed by atoms with van der Waals surface area (Å²) in [5.74, 6) is 1.81. The number of benzene rings is 2. The minimum absolute atomic E-state index is 0.0138. The summed E-state index contributed by atoms with van der Waals surface area (Å²) in [5.41, 5.74) is 5.25. The van der Waals surface area contributed by atoms with Gasteiger partial charge in [0.05, 0.1) is 11.0 Å². The molecule has 124 valence electrons. The van der Waals surface area contributed by atoms with Crippen molar-refractivity contribution in [2.24, 2.45) is 0 Å². The van der Waals surface area contributed by atoms with Crippen molar-refractivity contribution < 1.29 is 4.79 Å². The zero-order valence-electron chi connectivity index (χ0n) is 13.9. The van der Waals surface area contributed by atoms with Crippen molar-refractivity contribution in [3.05, 3.63) is 59.4 Å². The maximum Gasteiger partial charge on any atom is 0.224 e. The van der Waals surface area contributed by atoms with E-state index in [1.54, 1.807) is 11.8 Å². The summed E-state index contributed by atoms with van der Waals surface area (Å²) >= 11 is 1.78. The fourth-order valence-corrected chi connectivity index (χ4v) is 3.32. The van der Waals surface area contributed by atoms with E-state index < -0.39 is 0 Å². The van der Waals surface area contributed by atoms with Gasteiger partial charge in [-0.15, -0.1) is 0 Å². The molecule has 0 saturated carbocycles. The van der Waals surface area contributed by atoms with Gasteiger partial charge in [-0.05, 0) is 42.5 Å². The Morgan fingerprint density at radius 1 is 1.21 bits per heavy atom. The van der Waals surface area contributed by atoms with Crippen LogP contribution in [0.4, 0.5) is 5.69 Å². The number of aromatic nitrogens is 2. The summed E-state index contributed by atoms with van der Waals surface area (Å²) in [4.78, 5) is 20.0. The number of hydrogen-bond acceptors (Lipinski definition) is 3. The van der Waals surface area contributed by atoms with Gasteiger partial charge in [0.25, 0.3) is 0 Å². The van der Waals surface area contributed by atoms with Gasteiger partial charge in [-0.2, -0.15) is 11.8 Å². The molecule has 0 unspecified atom stereocenters. The SMILES string of the molecule is CSCc1cccc(NC(=O)CCc2nc3ccccc3[nH]2)c1C. The van der Waals surface area contributed by atoms with E-state index >= 15 is 0 Å². The van der Waals surface area contributed by atoms with Crippen LogP contribution in [0, 0.1) is 6.92 Å². The number of aromatic amines is 1. The number of carbonyl (C=O) groups excluding carboxylic acids is 1. The summed E-state index contributed by atoms with van der Waals surface area (Å²) in [6.07, 6.45) is 3.09. The number of anilines is 1. The second-order valence-corrected chi connectivity index (χ2v) is 6.64. The standard InChI is InChI=1S/C19H21N3OS/c1-13-14(12-24-2)6-5-9-15(13)22-19(23)11-10-18-20-16-7-3-4-8-17(16)21-18/h3-9H,10-12H2,1-2H3,(H,20,21)(H,22,23). The maximum absolute atomic E-state index is 12.3. The molecular formula is C19H21N3OS. The van der Waals surface area contributed by atoms with Crippen molar-refractivity contribution in [2.75, 3.05) is 11.6 Å². The third kappa shape index (κ3) is 3.79. The van der Waals surface area contributed by atoms with Crippen LogP contribution in [0.1, 0.15) is 23.4 Å². The molecule has 2 aromatic carbocycles. The van der Waals surface area contributed by atoms with Crippen molar-refractivity contribution in [3.8, 4) is 0 Å². The molecule has 0 aliphatic heterocycles. The fraction of sp³-hybridized carbons (Fsp3) is 0.263. The van der Waals surface area contributed by atoms with Crippen molar-refractivity contribution in [1.82, 2.24) is 9.97 Å². The first-order valence-corrected chi connectivity index (χ1v) is 9.37. The van der Waals surface area contributed by atoms with E-state index in [2.05, 4.69) is 34.5 Å². The van der Waals surface area contributed by atoms with Crippen LogP contribution in [0.5, 0.6) is 0 Å². The summed E-state index contributed by atoms with van der Waals surface area (Å²) in [5, 5.41) is 3.02. The highest BCUT2D eigenvalue weighted by molar-refractivity contribution is 7.97. The minimum Gasteiger partial charge on any atom is -0.342 e. The Labute approximate surface area is 146 Å². The van der Waals surface area contributed by atoms with Gasteiger partial charge in [0.1, 0.15) is 5.82 Å². The third-order valence-electron chi connectivity index (χ3n) is 4.05. The monoisotopic (exact) mass is 339 g/mol. The van der Waals surface area contributed by atoms with Crippen molar-refractivity contribution in [3.63, 3.8) is 0 Å². The summed E-state index contributed by atoms with van der Waals surface area (Å²) < 4.78 is 0. The van der Waals surface area contributed by atoms with Gasteiger partial charge in [0.2, 0.25) is 5.91 Å². The van der Waals surface area contributed by atoms with Gasteiger partial charge in [-0.25, -0.2) is 4.98 Å². The zero-order chi connectivity index (χ0) is 16.9. The number of rotatable bonds is 6. The number of aryl methyl sites for hydroxylation is 1. The number of fused-ring (bicyclic) bond motifs is 1. The van der Waals surface area contributed by atoms with Gasteiger partial charge in [0.15, 0.2) is 0 Å². The number of hydrogen-bond donors (Lipinski definition) is 2. The predicted octanol–water partition coefficient (Wildman–Crippen LogP) is 4.31. The van der Waals surface area contributed by atoms with E-state index in [0.717, 1.165) is 33.9 Å². The Bertz CT molecular complexity index is 824. The summed E-state index contributed by atoms with van der Waals surface area (Å²) in [7, 11) is 0. The number of thioether (sulfide) groups is 1. The molecule has 3 rings (SSSR count). The Kier molecular flexibility index (Phi) is 5.20. The lowest BCUT2D eigenvalue weighted by Gasteiger charge is -2.11. The molecule has 2 N–H and O–H groups in total. The van der Waals surface area contributed by atoms with E-state index in [0.29, 0.717) is 12.8 Å². The number of H-pyrrole nitrogens is 1. The largest absolute Gasteiger partial charge is 0.342 e. The van der Waals surface area contributed by atoms with Gasteiger partial charge < -0.3 is 10.3 Å². The average Bonchev–Trinajstić information content (AvgIpc) is 3.00. The van der Waals surface area contributed by atoms with Crippen LogP contribution < -0.4 is 5.32 Å². The second-order valence-electron chi connectivity index (χ2n) is 5.77.